The summed E-state index contributed by atoms with van der Waals surface area (Å²) in [4.78, 5) is 33.3. The van der Waals surface area contributed by atoms with Gasteiger partial charge in [0, 0.05) is 32.4 Å². The first-order chi connectivity index (χ1) is 10.1. The Bertz CT molecular complexity index is 484. The zero-order valence-electron chi connectivity index (χ0n) is 13.1. The van der Waals surface area contributed by atoms with Crippen molar-refractivity contribution in [1.82, 2.24) is 9.80 Å². The van der Waals surface area contributed by atoms with Gasteiger partial charge in [-0.25, -0.2) is 0 Å². The van der Waals surface area contributed by atoms with E-state index in [0.717, 1.165) is 44.4 Å². The summed E-state index contributed by atoms with van der Waals surface area (Å²) in [5.41, 5.74) is -0.669. The summed E-state index contributed by atoms with van der Waals surface area (Å²) in [5, 5.41) is 0. The number of carbonyl (C=O) groups is 2. The average molecular weight is 291 g/mol. The molecule has 1 spiro atoms. The average Bonchev–Trinajstić information content (AvgIpc) is 2.93. The van der Waals surface area contributed by atoms with E-state index in [9.17, 15) is 9.59 Å². The van der Waals surface area contributed by atoms with Crippen LogP contribution in [0.2, 0.25) is 0 Å². The van der Waals surface area contributed by atoms with Crippen LogP contribution in [0.25, 0.3) is 0 Å². The Balaban J connectivity index is 1.71. The summed E-state index contributed by atoms with van der Waals surface area (Å²) in [7, 11) is 1.82. The molecule has 3 aliphatic rings. The van der Waals surface area contributed by atoms with Gasteiger partial charge in [0.25, 0.3) is 5.91 Å². The van der Waals surface area contributed by atoms with Gasteiger partial charge in [0.15, 0.2) is 5.54 Å². The van der Waals surface area contributed by atoms with Gasteiger partial charge in [-0.1, -0.05) is 19.8 Å². The van der Waals surface area contributed by atoms with Gasteiger partial charge in [-0.05, 0) is 19.3 Å². The lowest BCUT2D eigenvalue weighted by molar-refractivity contribution is -0.137. The highest BCUT2D eigenvalue weighted by molar-refractivity contribution is 6.08. The summed E-state index contributed by atoms with van der Waals surface area (Å²) in [6.45, 7) is 3.31. The molecule has 1 unspecified atom stereocenters. The summed E-state index contributed by atoms with van der Waals surface area (Å²) in [6, 6.07) is 0. The zero-order chi connectivity index (χ0) is 15.0. The molecule has 2 amide bonds. The minimum absolute atomic E-state index is 0.0810. The second kappa shape index (κ2) is 5.43. The van der Waals surface area contributed by atoms with Crippen molar-refractivity contribution >= 4 is 17.6 Å². The number of hydrogen-bond donors (Lipinski definition) is 0. The van der Waals surface area contributed by atoms with Gasteiger partial charge in [-0.3, -0.25) is 14.6 Å². The number of likely N-dealkylation sites (tertiary alicyclic amines) is 1. The van der Waals surface area contributed by atoms with Crippen molar-refractivity contribution in [2.24, 2.45) is 10.9 Å². The second-order valence-corrected chi connectivity index (χ2v) is 6.66. The molecule has 5 heteroatoms. The van der Waals surface area contributed by atoms with Crippen molar-refractivity contribution in [2.75, 3.05) is 20.1 Å². The van der Waals surface area contributed by atoms with E-state index in [1.165, 1.54) is 0 Å². The van der Waals surface area contributed by atoms with Crippen LogP contribution in [0.5, 0.6) is 0 Å². The van der Waals surface area contributed by atoms with Crippen molar-refractivity contribution in [2.45, 2.75) is 57.4 Å². The van der Waals surface area contributed by atoms with E-state index in [-0.39, 0.29) is 17.7 Å². The maximum absolute atomic E-state index is 12.6. The van der Waals surface area contributed by atoms with Crippen LogP contribution >= 0.6 is 0 Å². The molecule has 1 saturated carbocycles. The van der Waals surface area contributed by atoms with Gasteiger partial charge in [0.05, 0.1) is 6.54 Å². The molecule has 2 heterocycles. The van der Waals surface area contributed by atoms with Gasteiger partial charge in [0.1, 0.15) is 5.84 Å². The third-order valence-electron chi connectivity index (χ3n) is 5.20. The molecule has 0 aromatic heterocycles. The molecule has 1 saturated heterocycles. The predicted octanol–water partition coefficient (Wildman–Crippen LogP) is 1.82. The summed E-state index contributed by atoms with van der Waals surface area (Å²) in [5.74, 6) is 1.43. The maximum atomic E-state index is 12.6. The predicted molar refractivity (Wildman–Crippen MR) is 81.0 cm³/mol. The van der Waals surface area contributed by atoms with E-state index in [0.29, 0.717) is 19.5 Å². The fourth-order valence-corrected chi connectivity index (χ4v) is 3.52. The van der Waals surface area contributed by atoms with E-state index >= 15 is 0 Å². The van der Waals surface area contributed by atoms with E-state index in [1.54, 1.807) is 4.90 Å². The van der Waals surface area contributed by atoms with Gasteiger partial charge in [-0.15, -0.1) is 0 Å². The summed E-state index contributed by atoms with van der Waals surface area (Å²) >= 11 is 0. The lowest BCUT2D eigenvalue weighted by atomic mass is 9.84. The lowest BCUT2D eigenvalue weighted by Crippen LogP contribution is -2.45. The number of hydrogen-bond acceptors (Lipinski definition) is 3. The quantitative estimate of drug-likeness (QED) is 0.793. The Morgan fingerprint density at radius 2 is 2.19 bits per heavy atom. The fourth-order valence-electron chi connectivity index (χ4n) is 3.52. The Morgan fingerprint density at radius 1 is 1.43 bits per heavy atom. The summed E-state index contributed by atoms with van der Waals surface area (Å²) in [6.07, 6.45) is 6.89. The van der Waals surface area contributed by atoms with E-state index in [2.05, 4.69) is 6.92 Å². The highest BCUT2D eigenvalue weighted by atomic mass is 16.2. The largest absolute Gasteiger partial charge is 0.339 e. The highest BCUT2D eigenvalue weighted by Gasteiger charge is 2.52. The van der Waals surface area contributed by atoms with Gasteiger partial charge >= 0.3 is 0 Å². The normalized spacial score (nSPS) is 29.2. The van der Waals surface area contributed by atoms with Gasteiger partial charge in [-0.2, -0.15) is 0 Å². The Hall–Kier alpha value is -1.39. The zero-order valence-corrected chi connectivity index (χ0v) is 13.1. The third-order valence-corrected chi connectivity index (χ3v) is 5.20. The first kappa shape index (κ1) is 14.5. The number of likely N-dealkylation sites (N-methyl/N-ethyl adjacent to an activating group) is 1. The minimum Gasteiger partial charge on any atom is -0.339 e. The van der Waals surface area contributed by atoms with Crippen molar-refractivity contribution < 1.29 is 9.59 Å². The number of amides is 2. The molecule has 2 aliphatic heterocycles. The van der Waals surface area contributed by atoms with Crippen LogP contribution in [-0.4, -0.2) is 53.1 Å². The molecule has 2 fully saturated rings. The molecule has 5 nitrogen and oxygen atoms in total. The Labute approximate surface area is 126 Å². The van der Waals surface area contributed by atoms with E-state index in [4.69, 9.17) is 4.99 Å². The van der Waals surface area contributed by atoms with Gasteiger partial charge < -0.3 is 9.80 Å². The van der Waals surface area contributed by atoms with Crippen LogP contribution < -0.4 is 0 Å². The number of unbranched alkanes of at least 4 members (excludes halogenated alkanes) is 1. The third kappa shape index (κ3) is 2.36. The van der Waals surface area contributed by atoms with Crippen LogP contribution in [0, 0.1) is 5.92 Å². The molecular formula is C16H25N3O2. The minimum atomic E-state index is -0.669. The lowest BCUT2D eigenvalue weighted by Gasteiger charge is -2.29. The molecule has 0 radical (unpaired) electrons. The van der Waals surface area contributed by atoms with E-state index < -0.39 is 5.54 Å². The maximum Gasteiger partial charge on any atom is 0.257 e. The smallest absolute Gasteiger partial charge is 0.257 e. The second-order valence-electron chi connectivity index (χ2n) is 6.66. The molecule has 1 aliphatic carbocycles. The van der Waals surface area contributed by atoms with Crippen LogP contribution in [0.3, 0.4) is 0 Å². The first-order valence-corrected chi connectivity index (χ1v) is 8.23. The number of nitrogens with zero attached hydrogens (tertiary/aromatic N) is 3. The van der Waals surface area contributed by atoms with Crippen molar-refractivity contribution in [3.05, 3.63) is 0 Å². The van der Waals surface area contributed by atoms with Crippen LogP contribution in [0.15, 0.2) is 4.99 Å². The van der Waals surface area contributed by atoms with Crippen LogP contribution in [0.1, 0.15) is 51.9 Å². The number of amidine groups is 1. The number of carbonyl (C=O) groups excluding carboxylic acids is 2. The molecule has 0 N–H and O–H groups in total. The molecule has 1 atom stereocenters. The Morgan fingerprint density at radius 3 is 2.81 bits per heavy atom. The number of rotatable bonds is 4. The molecule has 116 valence electrons. The number of aliphatic imine (C=N–C) groups is 1. The van der Waals surface area contributed by atoms with Gasteiger partial charge in [0.2, 0.25) is 5.91 Å². The first-order valence-electron chi connectivity index (χ1n) is 8.23. The molecule has 0 aromatic rings. The molecular weight excluding hydrogens is 266 g/mol. The molecule has 21 heavy (non-hydrogen) atoms. The SMILES string of the molecule is CCCCC1=NC2(CCN(C(=O)C3CCC3)C2)C(=O)N1C. The van der Waals surface area contributed by atoms with Crippen LogP contribution in [-0.2, 0) is 9.59 Å². The topological polar surface area (TPSA) is 53.0 Å². The molecule has 0 bridgehead atoms. The monoisotopic (exact) mass is 291 g/mol. The van der Waals surface area contributed by atoms with Crippen molar-refractivity contribution in [3.8, 4) is 0 Å². The fraction of sp³-hybridized carbons (Fsp3) is 0.812. The highest BCUT2D eigenvalue weighted by Crippen LogP contribution is 2.36. The molecule has 0 aromatic carbocycles. The van der Waals surface area contributed by atoms with Crippen molar-refractivity contribution in [3.63, 3.8) is 0 Å². The summed E-state index contributed by atoms with van der Waals surface area (Å²) < 4.78 is 0. The van der Waals surface area contributed by atoms with E-state index in [1.807, 2.05) is 11.9 Å². The van der Waals surface area contributed by atoms with Crippen molar-refractivity contribution in [1.29, 1.82) is 0 Å². The standard InChI is InChI=1S/C16H25N3O2/c1-3-4-8-13-17-16(15(21)18(13)2)9-10-19(11-16)14(20)12-6-5-7-12/h12H,3-11H2,1-2H3. The Kier molecular flexibility index (Phi) is 3.76. The molecule has 3 rings (SSSR count). The van der Waals surface area contributed by atoms with Crippen LogP contribution in [0.4, 0.5) is 0 Å².